The van der Waals surface area contributed by atoms with E-state index < -0.39 is 0 Å². The van der Waals surface area contributed by atoms with Crippen LogP contribution in [-0.2, 0) is 13.2 Å². The minimum atomic E-state index is -0.289. The topological polar surface area (TPSA) is 35.2 Å². The molecule has 100 valence electrons. The van der Waals surface area contributed by atoms with Crippen molar-refractivity contribution in [3.05, 3.63) is 63.4 Å². The van der Waals surface area contributed by atoms with Crippen molar-refractivity contribution in [1.29, 1.82) is 0 Å². The van der Waals surface area contributed by atoms with Gasteiger partial charge in [-0.15, -0.1) is 0 Å². The molecule has 0 amide bonds. The number of hydrogen-bond acceptors (Lipinski definition) is 2. The molecule has 2 nitrogen and oxygen atoms in total. The van der Waals surface area contributed by atoms with Gasteiger partial charge in [-0.1, -0.05) is 18.2 Å². The largest absolute Gasteiger partial charge is 0.488 e. The van der Waals surface area contributed by atoms with E-state index in [0.717, 1.165) is 16.7 Å². The predicted octanol–water partition coefficient (Wildman–Crippen LogP) is 3.93. The van der Waals surface area contributed by atoms with E-state index in [1.807, 2.05) is 19.1 Å². The Morgan fingerprint density at radius 1 is 1.21 bits per heavy atom. The maximum atomic E-state index is 13.0. The van der Waals surface area contributed by atoms with E-state index in [4.69, 9.17) is 10.5 Å². The molecule has 0 radical (unpaired) electrons. The fraction of sp³-hybridized carbons (Fsp3) is 0.200. The second-order valence-corrected chi connectivity index (χ2v) is 5.18. The van der Waals surface area contributed by atoms with Crippen LogP contribution in [0.4, 0.5) is 4.39 Å². The minimum Gasteiger partial charge on any atom is -0.488 e. The molecule has 0 bridgehead atoms. The Morgan fingerprint density at radius 3 is 2.63 bits per heavy atom. The zero-order valence-corrected chi connectivity index (χ0v) is 12.2. The maximum Gasteiger partial charge on any atom is 0.134 e. The zero-order chi connectivity index (χ0) is 13.8. The molecule has 0 aromatic heterocycles. The number of rotatable bonds is 4. The van der Waals surface area contributed by atoms with Crippen LogP contribution in [0.5, 0.6) is 5.75 Å². The molecule has 0 aliphatic carbocycles. The average Bonchev–Trinajstić information content (AvgIpc) is 2.39. The highest BCUT2D eigenvalue weighted by molar-refractivity contribution is 9.10. The van der Waals surface area contributed by atoms with Crippen molar-refractivity contribution in [3.63, 3.8) is 0 Å². The van der Waals surface area contributed by atoms with Gasteiger partial charge in [0.25, 0.3) is 0 Å². The summed E-state index contributed by atoms with van der Waals surface area (Å²) >= 11 is 3.28. The first-order valence-electron chi connectivity index (χ1n) is 5.96. The van der Waals surface area contributed by atoms with Crippen molar-refractivity contribution in [2.75, 3.05) is 0 Å². The van der Waals surface area contributed by atoms with E-state index in [-0.39, 0.29) is 5.82 Å². The van der Waals surface area contributed by atoms with Gasteiger partial charge in [0.1, 0.15) is 18.2 Å². The van der Waals surface area contributed by atoms with Crippen LogP contribution >= 0.6 is 15.9 Å². The van der Waals surface area contributed by atoms with Crippen molar-refractivity contribution in [2.24, 2.45) is 5.73 Å². The highest BCUT2D eigenvalue weighted by atomic mass is 79.9. The smallest absolute Gasteiger partial charge is 0.134 e. The zero-order valence-electron chi connectivity index (χ0n) is 10.6. The van der Waals surface area contributed by atoms with Crippen LogP contribution in [0.2, 0.25) is 0 Å². The van der Waals surface area contributed by atoms with Gasteiger partial charge in [0.05, 0.1) is 4.47 Å². The number of ether oxygens (including phenoxy) is 1. The van der Waals surface area contributed by atoms with Crippen LogP contribution in [0.1, 0.15) is 16.7 Å². The molecule has 0 heterocycles. The Kier molecular flexibility index (Phi) is 4.56. The third-order valence-electron chi connectivity index (χ3n) is 2.92. The number of hydrogen-bond donors (Lipinski definition) is 1. The first-order valence-corrected chi connectivity index (χ1v) is 6.76. The van der Waals surface area contributed by atoms with Crippen molar-refractivity contribution >= 4 is 15.9 Å². The minimum absolute atomic E-state index is 0.289. The SMILES string of the molecule is Cc1cc(CN)ccc1COc1ccc(F)cc1Br. The van der Waals surface area contributed by atoms with Gasteiger partial charge in [-0.2, -0.15) is 0 Å². The molecule has 0 saturated carbocycles. The number of halogens is 2. The van der Waals surface area contributed by atoms with Crippen molar-refractivity contribution in [1.82, 2.24) is 0 Å². The Morgan fingerprint density at radius 2 is 2.00 bits per heavy atom. The summed E-state index contributed by atoms with van der Waals surface area (Å²) in [4.78, 5) is 0. The van der Waals surface area contributed by atoms with Crippen LogP contribution < -0.4 is 10.5 Å². The molecule has 2 aromatic carbocycles. The molecule has 0 saturated heterocycles. The molecule has 2 rings (SSSR count). The van der Waals surface area contributed by atoms with E-state index in [1.54, 1.807) is 6.07 Å². The molecule has 0 atom stereocenters. The Balaban J connectivity index is 2.10. The second kappa shape index (κ2) is 6.17. The summed E-state index contributed by atoms with van der Waals surface area (Å²) in [6.45, 7) is 3.00. The Hall–Kier alpha value is -1.39. The highest BCUT2D eigenvalue weighted by Gasteiger charge is 2.05. The third kappa shape index (κ3) is 3.55. The Bertz CT molecular complexity index is 586. The molecule has 2 N–H and O–H groups in total. The van der Waals surface area contributed by atoms with Gasteiger partial charge in [0.15, 0.2) is 0 Å². The molecule has 0 fully saturated rings. The van der Waals surface area contributed by atoms with Gasteiger partial charge in [-0.25, -0.2) is 4.39 Å². The molecule has 19 heavy (non-hydrogen) atoms. The summed E-state index contributed by atoms with van der Waals surface area (Å²) in [6, 6.07) is 10.4. The number of benzene rings is 2. The van der Waals surface area contributed by atoms with Crippen LogP contribution in [-0.4, -0.2) is 0 Å². The molecular formula is C15H15BrFNO. The van der Waals surface area contributed by atoms with Gasteiger partial charge < -0.3 is 10.5 Å². The first-order chi connectivity index (χ1) is 9.10. The van der Waals surface area contributed by atoms with Crippen molar-refractivity contribution < 1.29 is 9.13 Å². The quantitative estimate of drug-likeness (QED) is 0.925. The Labute approximate surface area is 120 Å². The summed E-state index contributed by atoms with van der Waals surface area (Å²) in [5, 5.41) is 0. The fourth-order valence-electron chi connectivity index (χ4n) is 1.79. The molecular weight excluding hydrogens is 309 g/mol. The second-order valence-electron chi connectivity index (χ2n) is 4.33. The van der Waals surface area contributed by atoms with E-state index in [2.05, 4.69) is 22.0 Å². The first kappa shape index (κ1) is 14.0. The van der Waals surface area contributed by atoms with E-state index in [0.29, 0.717) is 23.4 Å². The number of aryl methyl sites for hydroxylation is 1. The summed E-state index contributed by atoms with van der Waals surface area (Å²) < 4.78 is 19.3. The molecule has 2 aromatic rings. The van der Waals surface area contributed by atoms with Gasteiger partial charge in [0.2, 0.25) is 0 Å². The number of nitrogens with two attached hydrogens (primary N) is 1. The van der Waals surface area contributed by atoms with Crippen LogP contribution in [0.3, 0.4) is 0 Å². The summed E-state index contributed by atoms with van der Waals surface area (Å²) in [6.07, 6.45) is 0. The van der Waals surface area contributed by atoms with Crippen LogP contribution in [0, 0.1) is 12.7 Å². The lowest BCUT2D eigenvalue weighted by Gasteiger charge is -2.11. The predicted molar refractivity (Wildman–Crippen MR) is 77.5 cm³/mol. The van der Waals surface area contributed by atoms with Gasteiger partial charge in [-0.05, 0) is 57.7 Å². The highest BCUT2D eigenvalue weighted by Crippen LogP contribution is 2.26. The molecule has 0 unspecified atom stereocenters. The third-order valence-corrected chi connectivity index (χ3v) is 3.54. The standard InChI is InChI=1S/C15H15BrFNO/c1-10-6-11(8-18)2-3-12(10)9-19-15-5-4-13(17)7-14(15)16/h2-7H,8-9,18H2,1H3. The normalized spacial score (nSPS) is 10.5. The van der Waals surface area contributed by atoms with E-state index in [1.165, 1.54) is 12.1 Å². The molecule has 4 heteroatoms. The fourth-order valence-corrected chi connectivity index (χ4v) is 2.26. The monoisotopic (exact) mass is 323 g/mol. The van der Waals surface area contributed by atoms with Gasteiger partial charge in [0, 0.05) is 6.54 Å². The summed E-state index contributed by atoms with van der Waals surface area (Å²) in [7, 11) is 0. The van der Waals surface area contributed by atoms with Crippen LogP contribution in [0.25, 0.3) is 0 Å². The summed E-state index contributed by atoms with van der Waals surface area (Å²) in [5.41, 5.74) is 8.93. The lowest BCUT2D eigenvalue weighted by molar-refractivity contribution is 0.303. The van der Waals surface area contributed by atoms with Crippen molar-refractivity contribution in [2.45, 2.75) is 20.1 Å². The molecule has 0 spiro atoms. The van der Waals surface area contributed by atoms with E-state index >= 15 is 0 Å². The van der Waals surface area contributed by atoms with Gasteiger partial charge >= 0.3 is 0 Å². The molecule has 0 aliphatic rings. The van der Waals surface area contributed by atoms with Crippen molar-refractivity contribution in [3.8, 4) is 5.75 Å². The van der Waals surface area contributed by atoms with Crippen LogP contribution in [0.15, 0.2) is 40.9 Å². The lowest BCUT2D eigenvalue weighted by Crippen LogP contribution is -2.01. The van der Waals surface area contributed by atoms with E-state index in [9.17, 15) is 4.39 Å². The average molecular weight is 324 g/mol. The lowest BCUT2D eigenvalue weighted by atomic mass is 10.1. The maximum absolute atomic E-state index is 13.0. The van der Waals surface area contributed by atoms with Gasteiger partial charge in [-0.3, -0.25) is 0 Å². The molecule has 0 aliphatic heterocycles. The summed E-state index contributed by atoms with van der Waals surface area (Å²) in [5.74, 6) is 0.339.